The van der Waals surface area contributed by atoms with Crippen molar-refractivity contribution in [3.8, 4) is 0 Å². The predicted molar refractivity (Wildman–Crippen MR) is 103 cm³/mol. The zero-order chi connectivity index (χ0) is 17.8. The first-order valence-electron chi connectivity index (χ1n) is 9.31. The quantitative estimate of drug-likeness (QED) is 0.734. The first-order valence-corrected chi connectivity index (χ1v) is 9.31. The number of rotatable bonds is 6. The molecule has 0 aliphatic carbocycles. The van der Waals surface area contributed by atoms with Crippen LogP contribution in [0.3, 0.4) is 0 Å². The second-order valence-electron chi connectivity index (χ2n) is 6.94. The smallest absolute Gasteiger partial charge is 0.224 e. The minimum absolute atomic E-state index is 0.0519. The van der Waals surface area contributed by atoms with Gasteiger partial charge in [0.2, 0.25) is 5.91 Å². The van der Waals surface area contributed by atoms with E-state index in [0.717, 1.165) is 24.4 Å². The molecular weight excluding hydrogens is 324 g/mol. The van der Waals surface area contributed by atoms with Gasteiger partial charge in [-0.1, -0.05) is 42.5 Å². The number of likely N-dealkylation sites (tertiary alicyclic amines) is 1. The summed E-state index contributed by atoms with van der Waals surface area (Å²) in [7, 11) is 0. The summed E-state index contributed by atoms with van der Waals surface area (Å²) in [4.78, 5) is 14.9. The number of furan rings is 1. The lowest BCUT2D eigenvalue weighted by molar-refractivity contribution is -0.120. The molecule has 0 unspecified atom stereocenters. The van der Waals surface area contributed by atoms with E-state index in [-0.39, 0.29) is 11.9 Å². The normalized spacial score (nSPS) is 16.0. The van der Waals surface area contributed by atoms with Gasteiger partial charge in [-0.25, -0.2) is 0 Å². The lowest BCUT2D eigenvalue weighted by atomic mass is 10.0. The topological polar surface area (TPSA) is 45.5 Å². The van der Waals surface area contributed by atoms with Gasteiger partial charge in [-0.05, 0) is 54.4 Å². The fourth-order valence-corrected chi connectivity index (χ4v) is 3.75. The molecule has 1 saturated heterocycles. The molecule has 1 amide bonds. The van der Waals surface area contributed by atoms with Crippen LogP contribution in [-0.4, -0.2) is 30.4 Å². The van der Waals surface area contributed by atoms with Crippen molar-refractivity contribution >= 4 is 16.7 Å². The molecule has 1 aromatic heterocycles. The van der Waals surface area contributed by atoms with Gasteiger partial charge in [0.15, 0.2) is 0 Å². The van der Waals surface area contributed by atoms with Crippen molar-refractivity contribution in [2.75, 3.05) is 19.6 Å². The van der Waals surface area contributed by atoms with Crippen LogP contribution in [0.4, 0.5) is 0 Å². The monoisotopic (exact) mass is 348 g/mol. The van der Waals surface area contributed by atoms with Gasteiger partial charge >= 0.3 is 0 Å². The highest BCUT2D eigenvalue weighted by Crippen LogP contribution is 2.25. The van der Waals surface area contributed by atoms with Crippen LogP contribution in [0.5, 0.6) is 0 Å². The van der Waals surface area contributed by atoms with Gasteiger partial charge in [-0.15, -0.1) is 0 Å². The number of benzene rings is 2. The van der Waals surface area contributed by atoms with Gasteiger partial charge < -0.3 is 9.73 Å². The van der Waals surface area contributed by atoms with Crippen molar-refractivity contribution in [3.05, 3.63) is 72.2 Å². The van der Waals surface area contributed by atoms with Gasteiger partial charge in [-0.2, -0.15) is 0 Å². The third kappa shape index (κ3) is 3.81. The zero-order valence-corrected chi connectivity index (χ0v) is 14.9. The average Bonchev–Trinajstić information content (AvgIpc) is 3.36. The Morgan fingerprint density at radius 3 is 2.62 bits per heavy atom. The number of hydrogen-bond acceptors (Lipinski definition) is 3. The number of nitrogens with zero attached hydrogens (tertiary/aromatic N) is 1. The Kier molecular flexibility index (Phi) is 5.02. The van der Waals surface area contributed by atoms with Gasteiger partial charge in [0.25, 0.3) is 0 Å². The van der Waals surface area contributed by atoms with Gasteiger partial charge in [0.05, 0.1) is 18.7 Å². The number of hydrogen-bond donors (Lipinski definition) is 1. The second-order valence-corrected chi connectivity index (χ2v) is 6.94. The fourth-order valence-electron chi connectivity index (χ4n) is 3.75. The summed E-state index contributed by atoms with van der Waals surface area (Å²) in [6.07, 6.45) is 4.52. The summed E-state index contributed by atoms with van der Waals surface area (Å²) < 4.78 is 5.61. The van der Waals surface area contributed by atoms with E-state index in [1.54, 1.807) is 6.26 Å². The van der Waals surface area contributed by atoms with Crippen LogP contribution in [0, 0.1) is 0 Å². The minimum Gasteiger partial charge on any atom is -0.468 e. The van der Waals surface area contributed by atoms with Gasteiger partial charge in [0, 0.05) is 6.54 Å². The second kappa shape index (κ2) is 7.75. The lowest BCUT2D eigenvalue weighted by Gasteiger charge is -2.26. The summed E-state index contributed by atoms with van der Waals surface area (Å²) in [6.45, 7) is 2.71. The fraction of sp³-hybridized carbons (Fsp3) is 0.318. The molecule has 4 nitrogen and oxygen atoms in total. The molecule has 134 valence electrons. The number of carbonyl (C=O) groups is 1. The molecule has 0 saturated carbocycles. The van der Waals surface area contributed by atoms with E-state index < -0.39 is 0 Å². The van der Waals surface area contributed by atoms with Crippen LogP contribution < -0.4 is 5.32 Å². The van der Waals surface area contributed by atoms with Crippen molar-refractivity contribution in [2.45, 2.75) is 25.3 Å². The maximum atomic E-state index is 12.5. The van der Waals surface area contributed by atoms with Crippen molar-refractivity contribution in [1.29, 1.82) is 0 Å². The summed E-state index contributed by atoms with van der Waals surface area (Å²) in [5.41, 5.74) is 1.04. The van der Waals surface area contributed by atoms with E-state index in [4.69, 9.17) is 4.42 Å². The van der Waals surface area contributed by atoms with E-state index in [1.807, 2.05) is 30.3 Å². The van der Waals surface area contributed by atoms with E-state index in [2.05, 4.69) is 34.5 Å². The first-order chi connectivity index (χ1) is 12.8. The zero-order valence-electron chi connectivity index (χ0n) is 14.9. The van der Waals surface area contributed by atoms with E-state index >= 15 is 0 Å². The summed E-state index contributed by atoms with van der Waals surface area (Å²) >= 11 is 0. The first kappa shape index (κ1) is 16.9. The average molecular weight is 348 g/mol. The molecule has 0 spiro atoms. The Morgan fingerprint density at radius 1 is 1.04 bits per heavy atom. The molecule has 4 heteroatoms. The van der Waals surface area contributed by atoms with Crippen LogP contribution in [-0.2, 0) is 11.2 Å². The van der Waals surface area contributed by atoms with Crippen LogP contribution >= 0.6 is 0 Å². The molecule has 0 radical (unpaired) electrons. The molecule has 1 aliphatic rings. The molecule has 2 heterocycles. The van der Waals surface area contributed by atoms with Gasteiger partial charge in [-0.3, -0.25) is 9.69 Å². The maximum Gasteiger partial charge on any atom is 0.224 e. The van der Waals surface area contributed by atoms with Crippen LogP contribution in [0.15, 0.2) is 65.3 Å². The summed E-state index contributed by atoms with van der Waals surface area (Å²) in [6, 6.07) is 18.5. The van der Waals surface area contributed by atoms with Gasteiger partial charge in [0.1, 0.15) is 5.76 Å². The molecule has 1 N–H and O–H groups in total. The molecule has 1 atom stereocenters. The number of nitrogens with one attached hydrogen (secondary N) is 1. The molecule has 0 bridgehead atoms. The van der Waals surface area contributed by atoms with E-state index in [1.165, 1.54) is 23.6 Å². The third-order valence-electron chi connectivity index (χ3n) is 5.12. The Morgan fingerprint density at radius 2 is 1.85 bits per heavy atom. The van der Waals surface area contributed by atoms with E-state index in [0.29, 0.717) is 13.0 Å². The molecule has 4 rings (SSSR count). The Hall–Kier alpha value is -2.59. The number of fused-ring (bicyclic) bond motifs is 1. The van der Waals surface area contributed by atoms with Crippen molar-refractivity contribution in [3.63, 3.8) is 0 Å². The standard InChI is InChI=1S/C22H24N2O2/c25-22(15-17-9-10-18-6-1-2-7-19(18)14-17)23-16-20(21-8-5-13-26-21)24-11-3-4-12-24/h1-2,5-10,13-14,20H,3-4,11-12,15-16H2,(H,23,25)/t20-/m1/s1. The highest BCUT2D eigenvalue weighted by molar-refractivity contribution is 5.85. The predicted octanol–water partition coefficient (Wildman–Crippen LogP) is 3.93. The Balaban J connectivity index is 1.39. The van der Waals surface area contributed by atoms with E-state index in [9.17, 15) is 4.79 Å². The molecule has 1 fully saturated rings. The highest BCUT2D eigenvalue weighted by Gasteiger charge is 2.25. The molecule has 3 aromatic rings. The maximum absolute atomic E-state index is 12.5. The largest absolute Gasteiger partial charge is 0.468 e. The van der Waals surface area contributed by atoms with Crippen molar-refractivity contribution < 1.29 is 9.21 Å². The highest BCUT2D eigenvalue weighted by atomic mass is 16.3. The molecular formula is C22H24N2O2. The third-order valence-corrected chi connectivity index (χ3v) is 5.12. The minimum atomic E-state index is 0.0519. The Bertz CT molecular complexity index is 867. The SMILES string of the molecule is O=C(Cc1ccc2ccccc2c1)NC[C@H](c1ccco1)N1CCCC1. The molecule has 26 heavy (non-hydrogen) atoms. The van der Waals surface area contributed by atoms with Crippen LogP contribution in [0.25, 0.3) is 10.8 Å². The summed E-state index contributed by atoms with van der Waals surface area (Å²) in [5, 5.41) is 5.47. The van der Waals surface area contributed by atoms with Crippen LogP contribution in [0.2, 0.25) is 0 Å². The summed E-state index contributed by atoms with van der Waals surface area (Å²) in [5.74, 6) is 0.980. The molecule has 1 aliphatic heterocycles. The van der Waals surface area contributed by atoms with Crippen LogP contribution in [0.1, 0.15) is 30.2 Å². The van der Waals surface area contributed by atoms with Crippen molar-refractivity contribution in [1.82, 2.24) is 10.2 Å². The molecule has 2 aromatic carbocycles. The van der Waals surface area contributed by atoms with Crippen molar-refractivity contribution in [2.24, 2.45) is 0 Å². The number of amides is 1. The number of carbonyl (C=O) groups excluding carboxylic acids is 1. The Labute approximate surface area is 153 Å². The lowest BCUT2D eigenvalue weighted by Crippen LogP contribution is -2.37.